The van der Waals surface area contributed by atoms with Crippen LogP contribution in [0.25, 0.3) is 0 Å². The number of aromatic nitrogens is 1. The molecule has 0 bridgehead atoms. The monoisotopic (exact) mass is 364 g/mol. The topological polar surface area (TPSA) is 65.5 Å². The van der Waals surface area contributed by atoms with E-state index in [2.05, 4.69) is 26.6 Å². The van der Waals surface area contributed by atoms with Crippen molar-refractivity contribution in [2.45, 2.75) is 11.8 Å². The highest BCUT2D eigenvalue weighted by Crippen LogP contribution is 2.21. The molecule has 0 saturated carbocycles. The highest BCUT2D eigenvalue weighted by atomic mass is 32.2. The van der Waals surface area contributed by atoms with Crippen molar-refractivity contribution in [3.8, 4) is 0 Å². The van der Waals surface area contributed by atoms with Gasteiger partial charge in [0.2, 0.25) is 0 Å². The Morgan fingerprint density at radius 3 is 2.44 bits per heavy atom. The highest BCUT2D eigenvalue weighted by Gasteiger charge is 2.19. The molecule has 2 heterocycles. The second kappa shape index (κ2) is 6.97. The summed E-state index contributed by atoms with van der Waals surface area (Å²) in [5.41, 5.74) is 0.733. The highest BCUT2D eigenvalue weighted by molar-refractivity contribution is 7.92. The average molecular weight is 364 g/mol. The van der Waals surface area contributed by atoms with Crippen LogP contribution in [-0.4, -0.2) is 51.5 Å². The standard InChI is InChI=1S/C17H21FN4O2S/c1-13-11-14(18)3-5-16(13)25(23,24)20-15-4-6-17(19-12-15)22-9-7-21(2)8-10-22/h3-6,11-12,20H,7-10H2,1-2H3. The van der Waals surface area contributed by atoms with Crippen LogP contribution in [0.5, 0.6) is 0 Å². The molecule has 0 atom stereocenters. The fourth-order valence-corrected chi connectivity index (χ4v) is 4.06. The number of hydrogen-bond acceptors (Lipinski definition) is 5. The first-order chi connectivity index (χ1) is 11.8. The maximum Gasteiger partial charge on any atom is 0.262 e. The number of aryl methyl sites for hydroxylation is 1. The summed E-state index contributed by atoms with van der Waals surface area (Å²) in [5.74, 6) is 0.364. The molecule has 1 fully saturated rings. The largest absolute Gasteiger partial charge is 0.354 e. The molecule has 1 aliphatic rings. The Hall–Kier alpha value is -2.19. The van der Waals surface area contributed by atoms with Crippen LogP contribution in [0.1, 0.15) is 5.56 Å². The molecule has 0 aliphatic carbocycles. The zero-order valence-corrected chi connectivity index (χ0v) is 15.1. The molecular formula is C17H21FN4O2S. The second-order valence-corrected chi connectivity index (χ2v) is 7.86. The van der Waals surface area contributed by atoms with Crippen LogP contribution < -0.4 is 9.62 Å². The van der Waals surface area contributed by atoms with Gasteiger partial charge < -0.3 is 9.80 Å². The number of piperazine rings is 1. The summed E-state index contributed by atoms with van der Waals surface area (Å²) in [6, 6.07) is 7.09. The molecule has 1 aliphatic heterocycles. The van der Waals surface area contributed by atoms with E-state index < -0.39 is 15.8 Å². The molecule has 6 nitrogen and oxygen atoms in total. The van der Waals surface area contributed by atoms with Gasteiger partial charge in [0, 0.05) is 26.2 Å². The van der Waals surface area contributed by atoms with E-state index in [9.17, 15) is 12.8 Å². The van der Waals surface area contributed by atoms with Gasteiger partial charge >= 0.3 is 0 Å². The van der Waals surface area contributed by atoms with Gasteiger partial charge in [0.1, 0.15) is 11.6 Å². The molecule has 1 N–H and O–H groups in total. The maximum atomic E-state index is 13.2. The third kappa shape index (κ3) is 4.08. The Morgan fingerprint density at radius 1 is 1.12 bits per heavy atom. The summed E-state index contributed by atoms with van der Waals surface area (Å²) in [5, 5.41) is 0. The van der Waals surface area contributed by atoms with Crippen molar-refractivity contribution in [3.05, 3.63) is 47.9 Å². The first-order valence-corrected chi connectivity index (χ1v) is 9.52. The lowest BCUT2D eigenvalue weighted by molar-refractivity contribution is 0.312. The van der Waals surface area contributed by atoms with Crippen molar-refractivity contribution in [1.82, 2.24) is 9.88 Å². The number of nitrogens with zero attached hydrogens (tertiary/aromatic N) is 3. The van der Waals surface area contributed by atoms with Crippen LogP contribution in [-0.2, 0) is 10.0 Å². The predicted molar refractivity (Wildman–Crippen MR) is 95.9 cm³/mol. The van der Waals surface area contributed by atoms with Crippen LogP contribution in [0, 0.1) is 12.7 Å². The number of rotatable bonds is 4. The lowest BCUT2D eigenvalue weighted by Gasteiger charge is -2.33. The van der Waals surface area contributed by atoms with Crippen LogP contribution in [0.4, 0.5) is 15.9 Å². The number of nitrogens with one attached hydrogen (secondary N) is 1. The van der Waals surface area contributed by atoms with Crippen LogP contribution in [0.3, 0.4) is 0 Å². The molecule has 1 saturated heterocycles. The number of anilines is 2. The fraction of sp³-hybridized carbons (Fsp3) is 0.353. The molecule has 0 unspecified atom stereocenters. The molecule has 0 amide bonds. The smallest absolute Gasteiger partial charge is 0.262 e. The van der Waals surface area contributed by atoms with E-state index in [0.717, 1.165) is 38.1 Å². The molecule has 2 aromatic rings. The van der Waals surface area contributed by atoms with Gasteiger partial charge in [-0.3, -0.25) is 4.72 Å². The van der Waals surface area contributed by atoms with Crippen molar-refractivity contribution in [2.75, 3.05) is 42.8 Å². The van der Waals surface area contributed by atoms with Crippen molar-refractivity contribution in [2.24, 2.45) is 0 Å². The lowest BCUT2D eigenvalue weighted by atomic mass is 10.2. The summed E-state index contributed by atoms with van der Waals surface area (Å²) in [6.07, 6.45) is 1.50. The Morgan fingerprint density at radius 2 is 1.84 bits per heavy atom. The number of hydrogen-bond donors (Lipinski definition) is 1. The van der Waals surface area contributed by atoms with E-state index in [4.69, 9.17) is 0 Å². The normalized spacial score (nSPS) is 16.0. The average Bonchev–Trinajstić information content (AvgIpc) is 2.55. The van der Waals surface area contributed by atoms with Crippen molar-refractivity contribution >= 4 is 21.5 Å². The number of benzene rings is 1. The predicted octanol–water partition coefficient (Wildman–Crippen LogP) is 2.08. The van der Waals surface area contributed by atoms with E-state index in [1.165, 1.54) is 18.3 Å². The molecule has 25 heavy (non-hydrogen) atoms. The van der Waals surface area contributed by atoms with E-state index >= 15 is 0 Å². The van der Waals surface area contributed by atoms with E-state index in [0.29, 0.717) is 11.3 Å². The number of likely N-dealkylation sites (N-methyl/N-ethyl adjacent to an activating group) is 1. The quantitative estimate of drug-likeness (QED) is 0.900. The number of pyridine rings is 1. The van der Waals surface area contributed by atoms with Crippen LogP contribution in [0.15, 0.2) is 41.4 Å². The number of sulfonamides is 1. The van der Waals surface area contributed by atoms with Crippen LogP contribution >= 0.6 is 0 Å². The van der Waals surface area contributed by atoms with E-state index in [1.54, 1.807) is 19.1 Å². The molecule has 1 aromatic heterocycles. The van der Waals surface area contributed by atoms with E-state index in [1.807, 2.05) is 0 Å². The first-order valence-electron chi connectivity index (χ1n) is 8.04. The Bertz CT molecular complexity index is 847. The zero-order chi connectivity index (χ0) is 18.0. The third-order valence-electron chi connectivity index (χ3n) is 4.25. The Balaban J connectivity index is 1.74. The van der Waals surface area contributed by atoms with Gasteiger partial charge in [-0.2, -0.15) is 0 Å². The molecule has 0 spiro atoms. The van der Waals surface area contributed by atoms with Crippen molar-refractivity contribution in [1.29, 1.82) is 0 Å². The fourth-order valence-electron chi connectivity index (χ4n) is 2.79. The summed E-state index contributed by atoms with van der Waals surface area (Å²) >= 11 is 0. The van der Waals surface area contributed by atoms with Gasteiger partial charge in [0.15, 0.2) is 0 Å². The Labute approximate surface area is 147 Å². The van der Waals surface area contributed by atoms with Gasteiger partial charge in [0.25, 0.3) is 10.0 Å². The molecule has 1 aromatic carbocycles. The molecular weight excluding hydrogens is 343 g/mol. The maximum absolute atomic E-state index is 13.2. The summed E-state index contributed by atoms with van der Waals surface area (Å²) in [6.45, 7) is 5.29. The van der Waals surface area contributed by atoms with Crippen molar-refractivity contribution in [3.63, 3.8) is 0 Å². The second-order valence-electron chi connectivity index (χ2n) is 6.21. The molecule has 0 radical (unpaired) electrons. The minimum atomic E-state index is -3.78. The summed E-state index contributed by atoms with van der Waals surface area (Å²) < 4.78 is 40.6. The summed E-state index contributed by atoms with van der Waals surface area (Å²) in [4.78, 5) is 8.84. The van der Waals surface area contributed by atoms with Gasteiger partial charge in [-0.15, -0.1) is 0 Å². The van der Waals surface area contributed by atoms with Gasteiger partial charge in [-0.1, -0.05) is 0 Å². The molecule has 3 rings (SSSR count). The van der Waals surface area contributed by atoms with E-state index in [-0.39, 0.29) is 4.90 Å². The van der Waals surface area contributed by atoms with Crippen molar-refractivity contribution < 1.29 is 12.8 Å². The Kier molecular flexibility index (Phi) is 4.91. The SMILES string of the molecule is Cc1cc(F)ccc1S(=O)(=O)Nc1ccc(N2CCN(C)CC2)nc1. The zero-order valence-electron chi connectivity index (χ0n) is 14.2. The first kappa shape index (κ1) is 17.6. The molecule has 134 valence electrons. The van der Waals surface area contributed by atoms with Gasteiger partial charge in [-0.05, 0) is 49.9 Å². The minimum Gasteiger partial charge on any atom is -0.354 e. The minimum absolute atomic E-state index is 0.0528. The van der Waals surface area contributed by atoms with Gasteiger partial charge in [-0.25, -0.2) is 17.8 Å². The van der Waals surface area contributed by atoms with Crippen LogP contribution in [0.2, 0.25) is 0 Å². The lowest BCUT2D eigenvalue weighted by Crippen LogP contribution is -2.44. The number of halogens is 1. The molecule has 8 heteroatoms. The van der Waals surface area contributed by atoms with Gasteiger partial charge in [0.05, 0.1) is 16.8 Å². The summed E-state index contributed by atoms with van der Waals surface area (Å²) in [7, 11) is -1.70. The third-order valence-corrected chi connectivity index (χ3v) is 5.80.